The molecule has 3 aliphatic heterocycles. The van der Waals surface area contributed by atoms with Gasteiger partial charge in [0.25, 0.3) is 0 Å². The summed E-state index contributed by atoms with van der Waals surface area (Å²) >= 11 is 0. The highest BCUT2D eigenvalue weighted by molar-refractivity contribution is 14.0. The van der Waals surface area contributed by atoms with Crippen molar-refractivity contribution in [1.29, 1.82) is 0 Å². The van der Waals surface area contributed by atoms with E-state index in [9.17, 15) is 0 Å². The molecule has 5 nitrogen and oxygen atoms in total. The molecule has 4 rings (SSSR count). The Balaban J connectivity index is 0.00000243. The minimum Gasteiger partial charge on any atom is -0.356 e. The molecule has 3 fully saturated rings. The third-order valence-corrected chi connectivity index (χ3v) is 5.26. The van der Waals surface area contributed by atoms with E-state index in [2.05, 4.69) is 58.5 Å². The highest BCUT2D eigenvalue weighted by atomic mass is 127. The van der Waals surface area contributed by atoms with E-state index in [4.69, 9.17) is 4.99 Å². The number of nitrogens with one attached hydrogen (secondary N) is 2. The van der Waals surface area contributed by atoms with Gasteiger partial charge < -0.3 is 10.6 Å². The molecule has 1 aromatic carbocycles. The summed E-state index contributed by atoms with van der Waals surface area (Å²) in [5, 5.41) is 7.08. The molecule has 3 heterocycles. The summed E-state index contributed by atoms with van der Waals surface area (Å²) in [5.74, 6) is 0.951. The molecule has 1 atom stereocenters. The fourth-order valence-electron chi connectivity index (χ4n) is 3.55. The number of aliphatic imine (C=N–C) groups is 1. The van der Waals surface area contributed by atoms with Gasteiger partial charge in [0.05, 0.1) is 6.54 Å². The summed E-state index contributed by atoms with van der Waals surface area (Å²) in [5.41, 5.74) is 2.55. The topological polar surface area (TPSA) is 42.9 Å². The van der Waals surface area contributed by atoms with Gasteiger partial charge in [0.1, 0.15) is 0 Å². The van der Waals surface area contributed by atoms with Crippen LogP contribution in [0.25, 0.3) is 0 Å². The summed E-state index contributed by atoms with van der Waals surface area (Å²) in [4.78, 5) is 10.0. The lowest BCUT2D eigenvalue weighted by atomic mass is 10.1. The van der Waals surface area contributed by atoms with Gasteiger partial charge in [-0.1, -0.05) is 43.2 Å². The van der Waals surface area contributed by atoms with Crippen LogP contribution in [0, 0.1) is 6.92 Å². The summed E-state index contributed by atoms with van der Waals surface area (Å²) in [7, 11) is 0. The molecule has 1 aromatic rings. The predicted molar refractivity (Wildman–Crippen MR) is 120 cm³/mol. The molecule has 0 spiro atoms. The quantitative estimate of drug-likeness (QED) is 0.278. The average molecular weight is 471 g/mol. The monoisotopic (exact) mass is 471 g/mol. The number of fused-ring (bicyclic) bond motifs is 3. The van der Waals surface area contributed by atoms with Crippen LogP contribution >= 0.6 is 24.0 Å². The van der Waals surface area contributed by atoms with Gasteiger partial charge in [-0.2, -0.15) is 0 Å². The lowest BCUT2D eigenvalue weighted by Gasteiger charge is -2.47. The first kappa shape index (κ1) is 21.4. The van der Waals surface area contributed by atoms with Crippen molar-refractivity contribution >= 4 is 29.9 Å². The lowest BCUT2D eigenvalue weighted by molar-refractivity contribution is 0.0154. The molecule has 0 aromatic heterocycles. The van der Waals surface area contributed by atoms with Gasteiger partial charge in [-0.3, -0.25) is 9.80 Å². The van der Waals surface area contributed by atoms with Crippen LogP contribution < -0.4 is 10.6 Å². The molecule has 0 aliphatic carbocycles. The standard InChI is InChI=1S/C20H33N5.HI/c1-3-4-9-21-20(22-14-18-7-5-17(2)6-8-18)23-15-19-16-24-10-12-25(19)13-11-24;/h5-8,19H,3-4,9-16H2,1-2H3,(H2,21,22,23);1H. The fraction of sp³-hybridized carbons (Fsp3) is 0.650. The molecule has 146 valence electrons. The minimum atomic E-state index is 0. The number of unbranched alkanes of at least 4 members (excludes halogenated alkanes) is 1. The average Bonchev–Trinajstić information content (AvgIpc) is 2.66. The first-order chi connectivity index (χ1) is 12.2. The molecule has 26 heavy (non-hydrogen) atoms. The lowest BCUT2D eigenvalue weighted by Crippen LogP contribution is -2.63. The van der Waals surface area contributed by atoms with Crippen LogP contribution in [0.15, 0.2) is 29.3 Å². The van der Waals surface area contributed by atoms with Gasteiger partial charge in [-0.25, -0.2) is 4.99 Å². The Kier molecular flexibility index (Phi) is 9.15. The zero-order valence-corrected chi connectivity index (χ0v) is 18.5. The SMILES string of the molecule is CCCCNC(=NCc1ccc(C)cc1)NCC1CN2CCN1CC2.I. The van der Waals surface area contributed by atoms with Crippen molar-refractivity contribution in [3.63, 3.8) is 0 Å². The van der Waals surface area contributed by atoms with Crippen molar-refractivity contribution < 1.29 is 0 Å². The fourth-order valence-corrected chi connectivity index (χ4v) is 3.55. The predicted octanol–water partition coefficient (Wildman–Crippen LogP) is 2.45. The van der Waals surface area contributed by atoms with Crippen LogP contribution in [0.5, 0.6) is 0 Å². The van der Waals surface area contributed by atoms with E-state index in [-0.39, 0.29) is 24.0 Å². The maximum absolute atomic E-state index is 4.80. The van der Waals surface area contributed by atoms with Gasteiger partial charge in [0, 0.05) is 51.9 Å². The van der Waals surface area contributed by atoms with Gasteiger partial charge in [0.2, 0.25) is 0 Å². The van der Waals surface area contributed by atoms with Crippen LogP contribution in [0.3, 0.4) is 0 Å². The van der Waals surface area contributed by atoms with E-state index in [1.54, 1.807) is 0 Å². The summed E-state index contributed by atoms with van der Waals surface area (Å²) < 4.78 is 0. The molecule has 2 bridgehead atoms. The van der Waals surface area contributed by atoms with E-state index in [1.165, 1.54) is 56.7 Å². The third-order valence-electron chi connectivity index (χ3n) is 5.26. The maximum atomic E-state index is 4.80. The normalized spacial score (nSPS) is 24.8. The van der Waals surface area contributed by atoms with Crippen molar-refractivity contribution in [2.45, 2.75) is 39.3 Å². The Morgan fingerprint density at radius 3 is 2.46 bits per heavy atom. The van der Waals surface area contributed by atoms with Crippen molar-refractivity contribution in [3.8, 4) is 0 Å². The van der Waals surface area contributed by atoms with E-state index in [1.807, 2.05) is 0 Å². The van der Waals surface area contributed by atoms with Crippen LogP contribution in [0.4, 0.5) is 0 Å². The molecule has 3 saturated heterocycles. The Hall–Kier alpha value is -0.860. The van der Waals surface area contributed by atoms with Gasteiger partial charge in [0.15, 0.2) is 5.96 Å². The van der Waals surface area contributed by atoms with Crippen LogP contribution in [0.1, 0.15) is 30.9 Å². The Morgan fingerprint density at radius 2 is 1.85 bits per heavy atom. The number of hydrogen-bond acceptors (Lipinski definition) is 3. The van der Waals surface area contributed by atoms with Crippen LogP contribution in [-0.2, 0) is 6.54 Å². The molecule has 6 heteroatoms. The second-order valence-corrected chi connectivity index (χ2v) is 7.30. The Labute approximate surface area is 175 Å². The Bertz CT molecular complexity index is 552. The van der Waals surface area contributed by atoms with Crippen molar-refractivity contribution in [1.82, 2.24) is 20.4 Å². The molecular weight excluding hydrogens is 437 g/mol. The second kappa shape index (κ2) is 11.1. The van der Waals surface area contributed by atoms with Gasteiger partial charge in [-0.05, 0) is 18.9 Å². The van der Waals surface area contributed by atoms with Gasteiger partial charge >= 0.3 is 0 Å². The third kappa shape index (κ3) is 6.39. The molecule has 3 aliphatic rings. The van der Waals surface area contributed by atoms with E-state index in [0.29, 0.717) is 6.04 Å². The number of guanidine groups is 1. The van der Waals surface area contributed by atoms with Crippen LogP contribution in [0.2, 0.25) is 0 Å². The number of halogens is 1. The molecule has 0 amide bonds. The summed E-state index contributed by atoms with van der Waals surface area (Å²) in [6.07, 6.45) is 2.37. The number of piperazine rings is 3. The molecule has 0 saturated carbocycles. The minimum absolute atomic E-state index is 0. The zero-order valence-electron chi connectivity index (χ0n) is 16.2. The largest absolute Gasteiger partial charge is 0.356 e. The molecule has 0 radical (unpaired) electrons. The number of rotatable bonds is 7. The highest BCUT2D eigenvalue weighted by Gasteiger charge is 2.31. The zero-order chi connectivity index (χ0) is 17.5. The first-order valence-corrected chi connectivity index (χ1v) is 9.78. The van der Waals surface area contributed by atoms with Crippen molar-refractivity contribution in [2.75, 3.05) is 45.8 Å². The number of benzene rings is 1. The number of hydrogen-bond donors (Lipinski definition) is 2. The first-order valence-electron chi connectivity index (χ1n) is 9.78. The van der Waals surface area contributed by atoms with Crippen LogP contribution in [-0.4, -0.2) is 67.6 Å². The summed E-state index contributed by atoms with van der Waals surface area (Å²) in [6.45, 7) is 13.1. The molecular formula is C20H34IN5. The molecule has 2 N–H and O–H groups in total. The maximum Gasteiger partial charge on any atom is 0.191 e. The highest BCUT2D eigenvalue weighted by Crippen LogP contribution is 2.14. The summed E-state index contributed by atoms with van der Waals surface area (Å²) in [6, 6.07) is 9.26. The molecule has 1 unspecified atom stereocenters. The number of aryl methyl sites for hydroxylation is 1. The van der Waals surface area contributed by atoms with E-state index in [0.717, 1.165) is 25.6 Å². The van der Waals surface area contributed by atoms with Gasteiger partial charge in [-0.15, -0.1) is 24.0 Å². The van der Waals surface area contributed by atoms with E-state index < -0.39 is 0 Å². The second-order valence-electron chi connectivity index (χ2n) is 7.30. The van der Waals surface area contributed by atoms with Crippen molar-refractivity contribution in [2.24, 2.45) is 4.99 Å². The van der Waals surface area contributed by atoms with E-state index >= 15 is 0 Å². The van der Waals surface area contributed by atoms with Crippen molar-refractivity contribution in [3.05, 3.63) is 35.4 Å². The smallest absolute Gasteiger partial charge is 0.191 e. The number of nitrogens with zero attached hydrogens (tertiary/aromatic N) is 3. The Morgan fingerprint density at radius 1 is 1.12 bits per heavy atom.